The Bertz CT molecular complexity index is 3920. The van der Waals surface area contributed by atoms with Gasteiger partial charge in [-0.3, -0.25) is 38.5 Å². The first-order valence-electron chi connectivity index (χ1n) is 40.0. The lowest BCUT2D eigenvalue weighted by Crippen LogP contribution is -2.61. The maximum atomic E-state index is 15.0. The minimum atomic E-state index is -2.03. The van der Waals surface area contributed by atoms with E-state index in [1.54, 1.807) is 82.7 Å². The van der Waals surface area contributed by atoms with Crippen molar-refractivity contribution in [3.05, 3.63) is 125 Å². The molecule has 8 amide bonds. The highest BCUT2D eigenvalue weighted by Gasteiger charge is 2.49. The third-order valence-corrected chi connectivity index (χ3v) is 21.2. The number of methoxy groups -OCH3 is 2. The van der Waals surface area contributed by atoms with E-state index in [1.807, 2.05) is 68.4 Å². The molecule has 9 N–H and O–H groups in total. The maximum Gasteiger partial charge on any atom is 0.410 e. The van der Waals surface area contributed by atoms with E-state index in [4.69, 9.17) is 42.6 Å². The number of anilines is 2. The molecule has 638 valence electrons. The van der Waals surface area contributed by atoms with Crippen molar-refractivity contribution in [2.75, 3.05) is 104 Å². The molecule has 2 fully saturated rings. The van der Waals surface area contributed by atoms with Crippen LogP contribution in [0.4, 0.5) is 16.2 Å². The summed E-state index contributed by atoms with van der Waals surface area (Å²) < 4.78 is 51.6. The number of carboxylic acid groups (broad SMARTS) is 1. The Kier molecular flexibility index (Phi) is 38.3. The third-order valence-electron chi connectivity index (χ3n) is 21.2. The van der Waals surface area contributed by atoms with E-state index in [2.05, 4.69) is 33.1 Å². The lowest BCUT2D eigenvalue weighted by molar-refractivity contribution is -0.271. The summed E-state index contributed by atoms with van der Waals surface area (Å²) in [7, 11) is 5.89. The zero-order valence-electron chi connectivity index (χ0n) is 68.8. The standard InChI is InChI=1S/C85H120N8O23/c1-13-54(6)73(66(108-11)49-70(97)92-39-23-30-64(92)78(109-12)55(7)80(102)87-56(8)74(98)59-26-15-14-16-27-59)90(9)82(104)71(52(2)3)89-81(103)72(53(4)5)91(10)85(107)114-51-61-48-62(35-36-65(61)115-84-77(101)75(99)76(100)79(116-84)83(105)106)88-68(95)37-40-110-42-44-112-46-47-113-45-43-111-41-38-86-67(94)31-21-22-32-69(96)93-50-60-28-18-17-24-57(60)33-34-58-25-19-20-29-63(58)93/h14-20,24-29,35-36,48,52-56,64,66,71-79,84,98-101H,13,21-23,30-32,37-47,49-51H2,1-12H3,(H,86,94)(H,87,102)(H,88,95)(H,89,103)(H,105,106)/t54-,55+,56+,64-,66+,71-,72-,73-,74+,75?,76-,77?,78+,79?,84+/m0/s1. The summed E-state index contributed by atoms with van der Waals surface area (Å²) in [6.07, 6.45) is -10.3. The van der Waals surface area contributed by atoms with Gasteiger partial charge in [0.25, 0.3) is 0 Å². The number of nitrogens with one attached hydrogen (secondary N) is 4. The minimum Gasteiger partial charge on any atom is -0.479 e. The number of hydrogen-bond donors (Lipinski definition) is 9. The maximum absolute atomic E-state index is 15.0. The predicted octanol–water partition coefficient (Wildman–Crippen LogP) is 5.87. The number of amides is 8. The number of carboxylic acids is 1. The van der Waals surface area contributed by atoms with Gasteiger partial charge in [0.05, 0.1) is 120 Å². The number of carbonyl (C=O) groups excluding carboxylic acids is 8. The Labute approximate surface area is 680 Å². The van der Waals surface area contributed by atoms with Gasteiger partial charge in [0.1, 0.15) is 42.8 Å². The largest absolute Gasteiger partial charge is 0.479 e. The summed E-state index contributed by atoms with van der Waals surface area (Å²) >= 11 is 0. The molecule has 0 radical (unpaired) electrons. The third kappa shape index (κ3) is 26.9. The summed E-state index contributed by atoms with van der Waals surface area (Å²) in [5.41, 5.74) is 4.27. The molecule has 15 atom stereocenters. The van der Waals surface area contributed by atoms with Crippen LogP contribution in [0.5, 0.6) is 5.75 Å². The van der Waals surface area contributed by atoms with Crippen LogP contribution >= 0.6 is 0 Å². The molecule has 0 spiro atoms. The van der Waals surface area contributed by atoms with Gasteiger partial charge < -0.3 is 104 Å². The van der Waals surface area contributed by atoms with Crippen molar-refractivity contribution >= 4 is 64.8 Å². The quantitative estimate of drug-likeness (QED) is 0.0184. The first-order chi connectivity index (χ1) is 55.5. The van der Waals surface area contributed by atoms with Crippen molar-refractivity contribution in [3.8, 4) is 17.6 Å². The molecule has 31 nitrogen and oxygen atoms in total. The second kappa shape index (κ2) is 47.3. The minimum absolute atomic E-state index is 0.00578. The molecule has 0 bridgehead atoms. The molecule has 3 aliphatic rings. The zero-order valence-corrected chi connectivity index (χ0v) is 68.8. The lowest BCUT2D eigenvalue weighted by Gasteiger charge is -2.41. The van der Waals surface area contributed by atoms with Crippen molar-refractivity contribution < 1.29 is 111 Å². The Balaban J connectivity index is 0.852. The average Bonchev–Trinajstić information content (AvgIpc) is 0.963. The van der Waals surface area contributed by atoms with Crippen molar-refractivity contribution in [1.29, 1.82) is 0 Å². The lowest BCUT2D eigenvalue weighted by atomic mass is 9.89. The monoisotopic (exact) mass is 1620 g/mol. The van der Waals surface area contributed by atoms with Crippen LogP contribution in [0, 0.1) is 35.5 Å². The summed E-state index contributed by atoms with van der Waals surface area (Å²) in [6.45, 7) is 16.5. The number of para-hydroxylation sites is 1. The number of rotatable bonds is 46. The van der Waals surface area contributed by atoms with E-state index < -0.39 is 133 Å². The Morgan fingerprint density at radius 3 is 1.94 bits per heavy atom. The summed E-state index contributed by atoms with van der Waals surface area (Å²) in [5, 5.41) is 64.1. The van der Waals surface area contributed by atoms with Crippen molar-refractivity contribution in [2.45, 2.75) is 206 Å². The van der Waals surface area contributed by atoms with Crippen LogP contribution in [0.1, 0.15) is 147 Å². The first kappa shape index (κ1) is 94.0. The molecule has 3 heterocycles. The van der Waals surface area contributed by atoms with E-state index in [1.165, 1.54) is 44.4 Å². The average molecular weight is 1620 g/mol. The fourth-order valence-corrected chi connectivity index (χ4v) is 14.5. The second-order valence-electron chi connectivity index (χ2n) is 30.2. The fourth-order valence-electron chi connectivity index (χ4n) is 14.5. The zero-order chi connectivity index (χ0) is 84.7. The smallest absolute Gasteiger partial charge is 0.410 e. The number of nitrogens with zero attached hydrogens (tertiary/aromatic N) is 4. The van der Waals surface area contributed by atoms with E-state index in [0.29, 0.717) is 76.9 Å². The number of carbonyl (C=O) groups is 9. The number of fused-ring (bicyclic) bond motifs is 2. The number of likely N-dealkylation sites (tertiary alicyclic amines) is 1. The molecule has 2 saturated heterocycles. The molecule has 0 aromatic heterocycles. The number of ether oxygens (including phenoxy) is 9. The molecule has 31 heteroatoms. The Morgan fingerprint density at radius 2 is 1.29 bits per heavy atom. The molecule has 4 aromatic rings. The molecular formula is C85H120N8O23. The molecule has 0 aliphatic carbocycles. The second-order valence-corrected chi connectivity index (χ2v) is 30.2. The number of aliphatic hydroxyl groups is 4. The predicted molar refractivity (Wildman–Crippen MR) is 428 cm³/mol. The van der Waals surface area contributed by atoms with E-state index >= 15 is 0 Å². The molecule has 3 aliphatic heterocycles. The summed E-state index contributed by atoms with van der Waals surface area (Å²) in [5.74, 6) is 0.100. The van der Waals surface area contributed by atoms with Crippen LogP contribution in [-0.4, -0.2) is 261 Å². The number of aliphatic carboxylic acids is 1. The number of aliphatic hydroxyl groups excluding tert-OH is 4. The molecule has 116 heavy (non-hydrogen) atoms. The highest BCUT2D eigenvalue weighted by molar-refractivity contribution is 5.95. The van der Waals surface area contributed by atoms with Crippen LogP contribution in [0.25, 0.3) is 0 Å². The normalized spacial score (nSPS) is 19.5. The highest BCUT2D eigenvalue weighted by atomic mass is 16.7. The first-order valence-corrected chi connectivity index (χ1v) is 40.0. The van der Waals surface area contributed by atoms with Crippen LogP contribution in [-0.2, 0) is 89.4 Å². The highest BCUT2D eigenvalue weighted by Crippen LogP contribution is 2.34. The van der Waals surface area contributed by atoms with Crippen LogP contribution in [0.2, 0.25) is 0 Å². The van der Waals surface area contributed by atoms with Crippen molar-refractivity contribution in [3.63, 3.8) is 0 Å². The van der Waals surface area contributed by atoms with Crippen LogP contribution in [0.3, 0.4) is 0 Å². The van der Waals surface area contributed by atoms with Gasteiger partial charge >= 0.3 is 12.1 Å². The topological polar surface area (TPSA) is 399 Å². The van der Waals surface area contributed by atoms with Crippen LogP contribution in [0.15, 0.2) is 97.1 Å². The number of unbranched alkanes of at least 4 members (excludes halogenated alkanes) is 1. The fraction of sp³-hybridized carbons (Fsp3) is 0.588. The molecule has 4 aromatic carbocycles. The molecule has 7 rings (SSSR count). The van der Waals surface area contributed by atoms with E-state index in [9.17, 15) is 68.7 Å². The van der Waals surface area contributed by atoms with Gasteiger partial charge in [0.15, 0.2) is 6.10 Å². The van der Waals surface area contributed by atoms with Gasteiger partial charge in [-0.05, 0) is 97.9 Å². The van der Waals surface area contributed by atoms with Crippen molar-refractivity contribution in [2.24, 2.45) is 23.7 Å². The summed E-state index contributed by atoms with van der Waals surface area (Å²) in [4.78, 5) is 130. The van der Waals surface area contributed by atoms with Gasteiger partial charge in [-0.2, -0.15) is 0 Å². The van der Waals surface area contributed by atoms with Gasteiger partial charge in [-0.1, -0.05) is 127 Å². The number of benzene rings is 4. The molecule has 3 unspecified atom stereocenters. The van der Waals surface area contributed by atoms with Gasteiger partial charge in [0, 0.05) is 76.6 Å². The molecular weight excluding hydrogens is 1500 g/mol. The van der Waals surface area contributed by atoms with Gasteiger partial charge in [0.2, 0.25) is 47.6 Å². The SMILES string of the molecule is CC[C@H](C)[C@@H]([C@@H](CC(=O)N1CCC[C@H]1[C@H](OC)[C@@H](C)C(=O)N[C@H](C)[C@@H](O)c1ccccc1)OC)N(C)C(=O)[C@@H](NC(=O)[C@H](C(C)C)N(C)C(=O)OCc1cc(NC(=O)CCOCCOCCOCCOCCNC(=O)CCCCC(=O)N2Cc3ccccc3C#Cc3ccccc32)ccc1O[C@@H]1OC(C(=O)O)[C@@H](O)C(O)C1O)C(C)C. The summed E-state index contributed by atoms with van der Waals surface area (Å²) in [6, 6.07) is 24.3. The van der Waals surface area contributed by atoms with Crippen LogP contribution < -0.4 is 30.9 Å². The van der Waals surface area contributed by atoms with Gasteiger partial charge in [-0.25, -0.2) is 9.59 Å². The number of likely N-dealkylation sites (N-methyl/N-ethyl adjacent to an activating group) is 2. The van der Waals surface area contributed by atoms with E-state index in [0.717, 1.165) is 27.3 Å². The van der Waals surface area contributed by atoms with E-state index in [-0.39, 0.29) is 105 Å². The molecule has 0 saturated carbocycles. The van der Waals surface area contributed by atoms with Crippen molar-refractivity contribution in [1.82, 2.24) is 30.7 Å². The Hall–Kier alpha value is -9.17. The Morgan fingerprint density at radius 1 is 0.664 bits per heavy atom. The van der Waals surface area contributed by atoms with Gasteiger partial charge in [-0.15, -0.1) is 0 Å². The number of hydrogen-bond acceptors (Lipinski definition) is 22.